The van der Waals surface area contributed by atoms with Gasteiger partial charge < -0.3 is 4.74 Å². The lowest BCUT2D eigenvalue weighted by Gasteiger charge is -2.17. The Kier molecular flexibility index (Phi) is 1.71. The van der Waals surface area contributed by atoms with Crippen molar-refractivity contribution < 1.29 is 9.53 Å². The number of esters is 1. The average Bonchev–Trinajstić information content (AvgIpc) is 2.21. The Balaban J connectivity index is 2.75. The number of carbonyl (C=O) groups is 1. The highest BCUT2D eigenvalue weighted by Gasteiger charge is 2.38. The molecule has 1 aromatic carbocycles. The zero-order chi connectivity index (χ0) is 10.5. The van der Waals surface area contributed by atoms with E-state index in [0.717, 1.165) is 16.7 Å². The van der Waals surface area contributed by atoms with Crippen LogP contribution in [-0.4, -0.2) is 5.97 Å². The second-order valence-electron chi connectivity index (χ2n) is 4.40. The van der Waals surface area contributed by atoms with Crippen LogP contribution in [0.3, 0.4) is 0 Å². The number of ether oxygens (including phenoxy) is 1. The van der Waals surface area contributed by atoms with Crippen LogP contribution in [0.1, 0.15) is 40.9 Å². The molecule has 0 radical (unpaired) electrons. The molecule has 14 heavy (non-hydrogen) atoms. The second kappa shape index (κ2) is 2.59. The Morgan fingerprint density at radius 2 is 1.86 bits per heavy atom. The van der Waals surface area contributed by atoms with Gasteiger partial charge in [0.05, 0.1) is 5.56 Å². The third-order valence-corrected chi connectivity index (χ3v) is 2.68. The number of hydrogen-bond acceptors (Lipinski definition) is 2. The van der Waals surface area contributed by atoms with Crippen LogP contribution in [0.2, 0.25) is 0 Å². The maximum absolute atomic E-state index is 11.6. The fraction of sp³-hybridized carbons (Fsp3) is 0.417. The van der Waals surface area contributed by atoms with Crippen molar-refractivity contribution in [3.05, 3.63) is 34.4 Å². The average molecular weight is 190 g/mol. The summed E-state index contributed by atoms with van der Waals surface area (Å²) in [5.41, 5.74) is 3.48. The van der Waals surface area contributed by atoms with Crippen LogP contribution in [0.15, 0.2) is 12.1 Å². The van der Waals surface area contributed by atoms with Crippen molar-refractivity contribution in [2.45, 2.75) is 33.3 Å². The minimum atomic E-state index is -0.469. The minimum absolute atomic E-state index is 0.192. The van der Waals surface area contributed by atoms with Gasteiger partial charge in [-0.2, -0.15) is 0 Å². The predicted molar refractivity (Wildman–Crippen MR) is 54.4 cm³/mol. The van der Waals surface area contributed by atoms with Crippen molar-refractivity contribution in [3.63, 3.8) is 0 Å². The zero-order valence-electron chi connectivity index (χ0n) is 8.97. The molecule has 0 atom stereocenters. The molecule has 1 aromatic rings. The maximum Gasteiger partial charge on any atom is 0.339 e. The Hall–Kier alpha value is -1.31. The van der Waals surface area contributed by atoms with Crippen molar-refractivity contribution in [3.8, 4) is 0 Å². The molecule has 1 aliphatic rings. The van der Waals surface area contributed by atoms with Gasteiger partial charge in [-0.1, -0.05) is 17.7 Å². The molecule has 0 fully saturated rings. The lowest BCUT2D eigenvalue weighted by molar-refractivity contribution is 0.00951. The van der Waals surface area contributed by atoms with Crippen LogP contribution in [0.25, 0.3) is 0 Å². The molecule has 2 rings (SSSR count). The summed E-state index contributed by atoms with van der Waals surface area (Å²) in [4.78, 5) is 11.6. The molecule has 0 amide bonds. The maximum atomic E-state index is 11.6. The summed E-state index contributed by atoms with van der Waals surface area (Å²) in [5.74, 6) is -0.192. The van der Waals surface area contributed by atoms with E-state index < -0.39 is 5.60 Å². The minimum Gasteiger partial charge on any atom is -0.451 e. The highest BCUT2D eigenvalue weighted by molar-refractivity contribution is 5.96. The van der Waals surface area contributed by atoms with Crippen LogP contribution >= 0.6 is 0 Å². The molecular formula is C12H14O2. The molecular weight excluding hydrogens is 176 g/mol. The van der Waals surface area contributed by atoms with E-state index in [1.165, 1.54) is 5.56 Å². The van der Waals surface area contributed by atoms with Crippen LogP contribution in [0.4, 0.5) is 0 Å². The molecule has 74 valence electrons. The first kappa shape index (κ1) is 9.25. The predicted octanol–water partition coefficient (Wildman–Crippen LogP) is 2.71. The van der Waals surface area contributed by atoms with E-state index in [0.29, 0.717) is 0 Å². The number of aryl methyl sites for hydroxylation is 2. The third-order valence-electron chi connectivity index (χ3n) is 2.68. The molecule has 2 nitrogen and oxygen atoms in total. The van der Waals surface area contributed by atoms with Gasteiger partial charge in [0.25, 0.3) is 0 Å². The number of carbonyl (C=O) groups excluding carboxylic acids is 1. The van der Waals surface area contributed by atoms with Gasteiger partial charge in [-0.3, -0.25) is 0 Å². The van der Waals surface area contributed by atoms with Gasteiger partial charge in [-0.15, -0.1) is 0 Å². The first-order chi connectivity index (χ1) is 6.42. The summed E-state index contributed by atoms with van der Waals surface area (Å²) >= 11 is 0. The van der Waals surface area contributed by atoms with E-state index >= 15 is 0 Å². The molecule has 0 saturated carbocycles. The van der Waals surface area contributed by atoms with Gasteiger partial charge >= 0.3 is 5.97 Å². The summed E-state index contributed by atoms with van der Waals surface area (Å²) in [6.45, 7) is 7.84. The molecule has 0 saturated heterocycles. The van der Waals surface area contributed by atoms with Crippen molar-refractivity contribution in [2.75, 3.05) is 0 Å². The van der Waals surface area contributed by atoms with Gasteiger partial charge in [0, 0.05) is 5.56 Å². The number of fused-ring (bicyclic) bond motifs is 1. The quantitative estimate of drug-likeness (QED) is 0.588. The highest BCUT2D eigenvalue weighted by atomic mass is 16.6. The largest absolute Gasteiger partial charge is 0.451 e. The van der Waals surface area contributed by atoms with Crippen LogP contribution in [-0.2, 0) is 10.3 Å². The fourth-order valence-electron chi connectivity index (χ4n) is 2.05. The molecule has 2 heteroatoms. The molecule has 0 unspecified atom stereocenters. The van der Waals surface area contributed by atoms with Crippen LogP contribution < -0.4 is 0 Å². The summed E-state index contributed by atoms with van der Waals surface area (Å²) in [5, 5.41) is 0. The monoisotopic (exact) mass is 190 g/mol. The molecule has 0 bridgehead atoms. The molecule has 1 heterocycles. The van der Waals surface area contributed by atoms with E-state index in [9.17, 15) is 4.79 Å². The van der Waals surface area contributed by atoms with Gasteiger partial charge in [-0.05, 0) is 33.3 Å². The number of cyclic esters (lactones) is 1. The number of benzene rings is 1. The Morgan fingerprint density at radius 3 is 2.50 bits per heavy atom. The molecule has 0 N–H and O–H groups in total. The lowest BCUT2D eigenvalue weighted by atomic mass is 9.91. The Bertz CT molecular complexity index is 417. The van der Waals surface area contributed by atoms with E-state index in [4.69, 9.17) is 4.74 Å². The van der Waals surface area contributed by atoms with Crippen molar-refractivity contribution in [2.24, 2.45) is 0 Å². The first-order valence-corrected chi connectivity index (χ1v) is 4.77. The van der Waals surface area contributed by atoms with E-state index in [1.54, 1.807) is 0 Å². The summed E-state index contributed by atoms with van der Waals surface area (Å²) in [6, 6.07) is 4.05. The summed E-state index contributed by atoms with van der Waals surface area (Å²) in [6.07, 6.45) is 0. The SMILES string of the molecule is Cc1cc(C)c2c(c1)C(C)(C)OC2=O. The topological polar surface area (TPSA) is 26.3 Å². The van der Waals surface area contributed by atoms with E-state index in [1.807, 2.05) is 39.8 Å². The van der Waals surface area contributed by atoms with E-state index in [-0.39, 0.29) is 5.97 Å². The molecule has 0 aliphatic carbocycles. The number of hydrogen-bond donors (Lipinski definition) is 0. The molecule has 1 aliphatic heterocycles. The molecule has 0 spiro atoms. The zero-order valence-corrected chi connectivity index (χ0v) is 8.97. The van der Waals surface area contributed by atoms with Crippen molar-refractivity contribution in [1.82, 2.24) is 0 Å². The Labute approximate surface area is 83.9 Å². The van der Waals surface area contributed by atoms with Crippen LogP contribution in [0.5, 0.6) is 0 Å². The molecule has 0 aromatic heterocycles. The van der Waals surface area contributed by atoms with Gasteiger partial charge in [0.2, 0.25) is 0 Å². The third kappa shape index (κ3) is 1.14. The van der Waals surface area contributed by atoms with Crippen LogP contribution in [0, 0.1) is 13.8 Å². The van der Waals surface area contributed by atoms with Gasteiger partial charge in [0.15, 0.2) is 0 Å². The fourth-order valence-corrected chi connectivity index (χ4v) is 2.05. The first-order valence-electron chi connectivity index (χ1n) is 4.77. The highest BCUT2D eigenvalue weighted by Crippen LogP contribution is 2.37. The van der Waals surface area contributed by atoms with Gasteiger partial charge in [-0.25, -0.2) is 4.79 Å². The second-order valence-corrected chi connectivity index (χ2v) is 4.40. The Morgan fingerprint density at radius 1 is 1.21 bits per heavy atom. The number of rotatable bonds is 0. The lowest BCUT2D eigenvalue weighted by Crippen LogP contribution is -2.16. The van der Waals surface area contributed by atoms with E-state index in [2.05, 4.69) is 0 Å². The summed E-state index contributed by atoms with van der Waals surface area (Å²) in [7, 11) is 0. The normalized spacial score (nSPS) is 17.9. The van der Waals surface area contributed by atoms with Gasteiger partial charge in [0.1, 0.15) is 5.60 Å². The standard InChI is InChI=1S/C12H14O2/c1-7-5-8(2)10-9(6-7)12(3,4)14-11(10)13/h5-6H,1-4H3. The summed E-state index contributed by atoms with van der Waals surface area (Å²) < 4.78 is 5.32. The van der Waals surface area contributed by atoms with Crippen molar-refractivity contribution in [1.29, 1.82) is 0 Å². The van der Waals surface area contributed by atoms with Crippen molar-refractivity contribution >= 4 is 5.97 Å². The smallest absolute Gasteiger partial charge is 0.339 e.